The Hall–Kier alpha value is -3.14. The van der Waals surface area contributed by atoms with E-state index < -0.39 is 53.1 Å². The third kappa shape index (κ3) is 6.46. The number of carbonyl (C=O) groups is 2. The van der Waals surface area contributed by atoms with Gasteiger partial charge in [0, 0.05) is 25.1 Å². The number of nitrogens with two attached hydrogens (primary N) is 1. The Labute approximate surface area is 222 Å². The molecule has 1 aliphatic carbocycles. The molecule has 1 unspecified atom stereocenters. The van der Waals surface area contributed by atoms with E-state index in [9.17, 15) is 31.5 Å². The molecule has 1 aliphatic heterocycles. The smallest absolute Gasteiger partial charge is 0.407 e. The summed E-state index contributed by atoms with van der Waals surface area (Å²) in [6.07, 6.45) is -3.88. The minimum atomic E-state index is -5.19. The van der Waals surface area contributed by atoms with Crippen LogP contribution in [0.1, 0.15) is 11.4 Å². The number of aromatic nitrogens is 2. The fourth-order valence-corrected chi connectivity index (χ4v) is 4.99. The average Bonchev–Trinajstić information content (AvgIpc) is 3.30. The minimum absolute atomic E-state index is 0. The molecule has 4 rings (SSSR count). The maximum absolute atomic E-state index is 14.4. The largest absolute Gasteiger partial charge is 0.572 e. The van der Waals surface area contributed by atoms with Crippen LogP contribution in [0, 0.1) is 11.6 Å². The van der Waals surface area contributed by atoms with Gasteiger partial charge in [-0.15, -0.1) is 35.8 Å². The molecule has 2 heterocycles. The van der Waals surface area contributed by atoms with Gasteiger partial charge in [-0.3, -0.25) is 14.5 Å². The summed E-state index contributed by atoms with van der Waals surface area (Å²) < 4.78 is 78.4. The van der Waals surface area contributed by atoms with Crippen LogP contribution < -0.4 is 11.1 Å². The first-order valence-corrected chi connectivity index (χ1v) is 11.7. The summed E-state index contributed by atoms with van der Waals surface area (Å²) in [5, 5.41) is 9.53. The van der Waals surface area contributed by atoms with Crippen molar-refractivity contribution < 1.29 is 41.0 Å². The second kappa shape index (κ2) is 11.7. The van der Waals surface area contributed by atoms with Gasteiger partial charge >= 0.3 is 6.36 Å². The van der Waals surface area contributed by atoms with Crippen molar-refractivity contribution >= 4 is 35.6 Å². The molecule has 1 atom stereocenters. The zero-order valence-corrected chi connectivity index (χ0v) is 21.0. The number of morpholine rings is 1. The number of rotatable bonds is 7. The number of alkyl halides is 3. The highest BCUT2D eigenvalue weighted by molar-refractivity contribution is 7.14. The number of halogens is 6. The van der Waals surface area contributed by atoms with Crippen molar-refractivity contribution in [3.05, 3.63) is 58.3 Å². The zero-order chi connectivity index (χ0) is 26.8. The van der Waals surface area contributed by atoms with Crippen LogP contribution in [-0.2, 0) is 24.6 Å². The predicted molar refractivity (Wildman–Crippen MR) is 127 cm³/mol. The minimum Gasteiger partial charge on any atom is -0.407 e. The molecule has 0 spiro atoms. The molecule has 0 radical (unpaired) electrons. The van der Waals surface area contributed by atoms with Gasteiger partial charge in [-0.05, 0) is 18.2 Å². The lowest BCUT2D eigenvalue weighted by Gasteiger charge is -2.37. The van der Waals surface area contributed by atoms with Crippen LogP contribution in [-0.4, -0.2) is 66.1 Å². The molecule has 206 valence electrons. The van der Waals surface area contributed by atoms with Crippen LogP contribution in [0.3, 0.4) is 0 Å². The highest BCUT2D eigenvalue weighted by Gasteiger charge is 2.50. The summed E-state index contributed by atoms with van der Waals surface area (Å²) in [5.74, 6) is -4.46. The summed E-state index contributed by atoms with van der Waals surface area (Å²) in [6, 6.07) is 3.09. The Bertz CT molecular complexity index is 1240. The Balaban J connectivity index is 0.00000400. The number of nitrogens with one attached hydrogen (secondary N) is 1. The molecular weight excluding hydrogens is 561 g/mol. The first-order valence-electron chi connectivity index (χ1n) is 10.8. The van der Waals surface area contributed by atoms with E-state index in [0.29, 0.717) is 37.6 Å². The van der Waals surface area contributed by atoms with Crippen molar-refractivity contribution in [2.45, 2.75) is 18.3 Å². The fraction of sp³-hybridized carbons (Fsp3) is 0.364. The van der Waals surface area contributed by atoms with Gasteiger partial charge < -0.3 is 20.5 Å². The van der Waals surface area contributed by atoms with Crippen molar-refractivity contribution in [1.82, 2.24) is 20.4 Å². The lowest BCUT2D eigenvalue weighted by atomic mass is 9.84. The van der Waals surface area contributed by atoms with Crippen LogP contribution in [0.5, 0.6) is 0 Å². The topological polar surface area (TPSA) is 120 Å². The predicted octanol–water partition coefficient (Wildman–Crippen LogP) is 2.78. The van der Waals surface area contributed by atoms with Gasteiger partial charge in [0.1, 0.15) is 17.4 Å². The molecule has 3 N–H and O–H groups in total. The van der Waals surface area contributed by atoms with Crippen molar-refractivity contribution in [3.8, 4) is 10.6 Å². The fourth-order valence-electron chi connectivity index (χ4n) is 3.94. The normalized spacial score (nSPS) is 20.1. The Morgan fingerprint density at radius 1 is 1.16 bits per heavy atom. The van der Waals surface area contributed by atoms with Gasteiger partial charge in [0.05, 0.1) is 25.3 Å². The van der Waals surface area contributed by atoms with E-state index >= 15 is 0 Å². The third-order valence-electron chi connectivity index (χ3n) is 5.64. The van der Waals surface area contributed by atoms with Crippen LogP contribution >= 0.6 is 23.7 Å². The van der Waals surface area contributed by atoms with Crippen molar-refractivity contribution in [3.63, 3.8) is 0 Å². The molecule has 16 heteroatoms. The average molecular weight is 582 g/mol. The van der Waals surface area contributed by atoms with Crippen molar-refractivity contribution in [2.75, 3.05) is 32.8 Å². The molecule has 1 saturated heterocycles. The third-order valence-corrected chi connectivity index (χ3v) is 6.75. The summed E-state index contributed by atoms with van der Waals surface area (Å²) in [4.78, 5) is 26.8. The quantitative estimate of drug-likeness (QED) is 0.483. The molecule has 1 fully saturated rings. The SMILES string of the molecule is Cl.NC(=O)C1=CC=C(OC(F)(F)F)C(NC(=O)CN2CCOCC2)(c2nnc(-c3c(F)cccc3F)s2)C1. The number of amides is 2. The van der Waals surface area contributed by atoms with Crippen molar-refractivity contribution in [1.29, 1.82) is 0 Å². The van der Waals surface area contributed by atoms with E-state index in [1.165, 1.54) is 0 Å². The second-order valence-electron chi connectivity index (χ2n) is 8.16. The van der Waals surface area contributed by atoms with E-state index in [-0.39, 0.29) is 34.5 Å². The molecule has 1 aromatic carbocycles. The summed E-state index contributed by atoms with van der Waals surface area (Å²) in [5.41, 5.74) is 2.50. The molecule has 2 aliphatic rings. The maximum Gasteiger partial charge on any atom is 0.572 e. The molecule has 9 nitrogen and oxygen atoms in total. The maximum atomic E-state index is 14.4. The first-order chi connectivity index (χ1) is 17.5. The Morgan fingerprint density at radius 2 is 1.82 bits per heavy atom. The summed E-state index contributed by atoms with van der Waals surface area (Å²) >= 11 is 0.533. The number of allylic oxidation sites excluding steroid dienone is 2. The lowest BCUT2D eigenvalue weighted by Crippen LogP contribution is -2.54. The van der Waals surface area contributed by atoms with Crippen LogP contribution in [0.25, 0.3) is 10.6 Å². The highest BCUT2D eigenvalue weighted by atomic mass is 35.5. The highest BCUT2D eigenvalue weighted by Crippen LogP contribution is 2.44. The summed E-state index contributed by atoms with van der Waals surface area (Å²) in [7, 11) is 0. The Kier molecular flexibility index (Phi) is 9.07. The first kappa shape index (κ1) is 29.4. The summed E-state index contributed by atoms with van der Waals surface area (Å²) in [6.45, 7) is 1.33. The van der Waals surface area contributed by atoms with E-state index in [1.807, 2.05) is 0 Å². The Morgan fingerprint density at radius 3 is 2.42 bits per heavy atom. The second-order valence-corrected chi connectivity index (χ2v) is 9.14. The van der Waals surface area contributed by atoms with Gasteiger partial charge in [0.25, 0.3) is 0 Å². The number of carbonyl (C=O) groups excluding carboxylic acids is 2. The van der Waals surface area contributed by atoms with E-state index in [2.05, 4.69) is 20.3 Å². The van der Waals surface area contributed by atoms with Gasteiger partial charge in [-0.2, -0.15) is 0 Å². The van der Waals surface area contributed by atoms with Crippen LogP contribution in [0.2, 0.25) is 0 Å². The number of hydrogen-bond donors (Lipinski definition) is 2. The monoisotopic (exact) mass is 581 g/mol. The van der Waals surface area contributed by atoms with E-state index in [0.717, 1.165) is 30.4 Å². The van der Waals surface area contributed by atoms with Crippen LogP contribution in [0.15, 0.2) is 41.7 Å². The van der Waals surface area contributed by atoms with Gasteiger partial charge in [0.15, 0.2) is 15.6 Å². The number of hydrogen-bond acceptors (Lipinski definition) is 8. The zero-order valence-electron chi connectivity index (χ0n) is 19.4. The molecule has 2 amide bonds. The molecule has 1 aromatic heterocycles. The van der Waals surface area contributed by atoms with E-state index in [4.69, 9.17) is 10.5 Å². The van der Waals surface area contributed by atoms with Crippen molar-refractivity contribution in [2.24, 2.45) is 5.73 Å². The van der Waals surface area contributed by atoms with Gasteiger partial charge in [-0.25, -0.2) is 8.78 Å². The van der Waals surface area contributed by atoms with Gasteiger partial charge in [-0.1, -0.05) is 23.5 Å². The molecule has 38 heavy (non-hydrogen) atoms. The number of nitrogens with zero attached hydrogens (tertiary/aromatic N) is 3. The van der Waals surface area contributed by atoms with Gasteiger partial charge in [0.2, 0.25) is 11.8 Å². The molecule has 2 aromatic rings. The lowest BCUT2D eigenvalue weighted by molar-refractivity contribution is -0.310. The molecule has 0 saturated carbocycles. The van der Waals surface area contributed by atoms with Crippen LogP contribution in [0.4, 0.5) is 22.0 Å². The van der Waals surface area contributed by atoms with E-state index in [1.54, 1.807) is 4.90 Å². The number of benzene rings is 1. The number of ether oxygens (including phenoxy) is 2. The standard InChI is InChI=1S/C22H20F5N5O4S.ClH/c23-13-2-1-3-14(24)17(13)19-30-31-20(37-19)21(29-16(33)11-32-6-8-35-9-7-32)10-12(18(28)34)4-5-15(21)36-22(25,26)27;/h1-5H,6-11H2,(H2,28,34)(H,29,33);1H. The molecular formula is C22H21ClF5N5O4S. The number of primary amides is 1. The molecule has 0 bridgehead atoms.